The summed E-state index contributed by atoms with van der Waals surface area (Å²) in [6, 6.07) is 0.496. The Morgan fingerprint density at radius 2 is 2.16 bits per heavy atom. The van der Waals surface area contributed by atoms with E-state index < -0.39 is 0 Å². The van der Waals surface area contributed by atoms with Crippen LogP contribution in [-0.4, -0.2) is 25.1 Å². The summed E-state index contributed by atoms with van der Waals surface area (Å²) >= 11 is 1.88. The summed E-state index contributed by atoms with van der Waals surface area (Å²) in [6.45, 7) is 11.2. The molecule has 0 fully saturated rings. The molecule has 108 valence electrons. The fraction of sp³-hybridized carbons (Fsp3) is 0.800. The first-order chi connectivity index (χ1) is 8.96. The van der Waals surface area contributed by atoms with Gasteiger partial charge < -0.3 is 10.2 Å². The number of thiazole rings is 1. The third-order valence-corrected chi connectivity index (χ3v) is 5.20. The molecule has 19 heavy (non-hydrogen) atoms. The number of anilines is 1. The highest BCUT2D eigenvalue weighted by molar-refractivity contribution is 7.15. The molecule has 2 rings (SSSR count). The van der Waals surface area contributed by atoms with E-state index in [-0.39, 0.29) is 0 Å². The first-order valence-electron chi connectivity index (χ1n) is 7.41. The standard InChI is InChI=1S/C15H27N3S/c1-6-8-16-11-9-15(3,4)10-12-13(11)19-14(17-12)18(5)7-2/h11,16H,6-10H2,1-5H3. The second kappa shape index (κ2) is 5.80. The molecule has 0 saturated heterocycles. The summed E-state index contributed by atoms with van der Waals surface area (Å²) in [5.41, 5.74) is 1.68. The maximum atomic E-state index is 4.88. The van der Waals surface area contributed by atoms with E-state index in [9.17, 15) is 0 Å². The number of hydrogen-bond acceptors (Lipinski definition) is 4. The maximum Gasteiger partial charge on any atom is 0.185 e. The summed E-state index contributed by atoms with van der Waals surface area (Å²) in [5, 5.41) is 4.88. The molecule has 1 heterocycles. The number of nitrogens with zero attached hydrogens (tertiary/aromatic N) is 2. The lowest BCUT2D eigenvalue weighted by atomic mass is 9.76. The van der Waals surface area contributed by atoms with E-state index in [1.165, 1.54) is 28.5 Å². The molecule has 3 nitrogen and oxygen atoms in total. The lowest BCUT2D eigenvalue weighted by molar-refractivity contribution is 0.258. The Morgan fingerprint density at radius 1 is 1.42 bits per heavy atom. The Balaban J connectivity index is 2.27. The van der Waals surface area contributed by atoms with Gasteiger partial charge in [-0.1, -0.05) is 32.1 Å². The van der Waals surface area contributed by atoms with Crippen LogP contribution in [0.1, 0.15) is 57.1 Å². The Kier molecular flexibility index (Phi) is 4.51. The normalized spacial score (nSPS) is 21.2. The van der Waals surface area contributed by atoms with Gasteiger partial charge in [0, 0.05) is 24.5 Å². The van der Waals surface area contributed by atoms with Crippen LogP contribution in [0.25, 0.3) is 0 Å². The fourth-order valence-corrected chi connectivity index (χ4v) is 3.88. The zero-order chi connectivity index (χ0) is 14.0. The number of aromatic nitrogens is 1. The van der Waals surface area contributed by atoms with E-state index in [0.717, 1.165) is 19.5 Å². The molecule has 0 aromatic carbocycles. The van der Waals surface area contributed by atoms with Crippen molar-refractivity contribution in [1.29, 1.82) is 0 Å². The summed E-state index contributed by atoms with van der Waals surface area (Å²) < 4.78 is 0. The van der Waals surface area contributed by atoms with E-state index in [0.29, 0.717) is 11.5 Å². The van der Waals surface area contributed by atoms with Crippen molar-refractivity contribution in [2.75, 3.05) is 25.0 Å². The smallest absolute Gasteiger partial charge is 0.185 e. The van der Waals surface area contributed by atoms with Crippen molar-refractivity contribution in [3.63, 3.8) is 0 Å². The third-order valence-electron chi connectivity index (χ3n) is 3.88. The highest BCUT2D eigenvalue weighted by Crippen LogP contribution is 2.44. The summed E-state index contributed by atoms with van der Waals surface area (Å²) in [4.78, 5) is 8.60. The molecule has 1 aliphatic rings. The number of hydrogen-bond donors (Lipinski definition) is 1. The van der Waals surface area contributed by atoms with Crippen molar-refractivity contribution >= 4 is 16.5 Å². The number of fused-ring (bicyclic) bond motifs is 1. The van der Waals surface area contributed by atoms with Crippen LogP contribution in [0.3, 0.4) is 0 Å². The van der Waals surface area contributed by atoms with E-state index in [4.69, 9.17) is 4.98 Å². The largest absolute Gasteiger partial charge is 0.351 e. The molecule has 0 amide bonds. The molecule has 0 aliphatic heterocycles. The lowest BCUT2D eigenvalue weighted by Gasteiger charge is -2.34. The lowest BCUT2D eigenvalue weighted by Crippen LogP contribution is -2.33. The quantitative estimate of drug-likeness (QED) is 0.893. The molecule has 0 radical (unpaired) electrons. The maximum absolute atomic E-state index is 4.88. The minimum absolute atomic E-state index is 0.356. The van der Waals surface area contributed by atoms with Crippen molar-refractivity contribution < 1.29 is 0 Å². The topological polar surface area (TPSA) is 28.2 Å². The van der Waals surface area contributed by atoms with Crippen LogP contribution in [0.2, 0.25) is 0 Å². The SMILES string of the molecule is CCCNC1CC(C)(C)Cc2nc(N(C)CC)sc21. The Hall–Kier alpha value is -0.610. The molecular formula is C15H27N3S. The molecule has 4 heteroatoms. The number of rotatable bonds is 5. The molecule has 1 atom stereocenters. The molecule has 0 bridgehead atoms. The van der Waals surface area contributed by atoms with Crippen molar-refractivity contribution in [3.8, 4) is 0 Å². The van der Waals surface area contributed by atoms with Crippen LogP contribution in [0.5, 0.6) is 0 Å². The van der Waals surface area contributed by atoms with Crippen LogP contribution in [0.4, 0.5) is 5.13 Å². The zero-order valence-electron chi connectivity index (χ0n) is 12.9. The minimum Gasteiger partial charge on any atom is -0.351 e. The average molecular weight is 281 g/mol. The minimum atomic E-state index is 0.356. The van der Waals surface area contributed by atoms with Gasteiger partial charge in [-0.25, -0.2) is 4.98 Å². The Morgan fingerprint density at radius 3 is 2.79 bits per heavy atom. The van der Waals surface area contributed by atoms with E-state index >= 15 is 0 Å². The Bertz CT molecular complexity index is 425. The van der Waals surface area contributed by atoms with Crippen LogP contribution >= 0.6 is 11.3 Å². The van der Waals surface area contributed by atoms with Crippen molar-refractivity contribution in [1.82, 2.24) is 10.3 Å². The average Bonchev–Trinajstić information content (AvgIpc) is 2.77. The molecule has 1 aliphatic carbocycles. The van der Waals surface area contributed by atoms with Gasteiger partial charge in [0.25, 0.3) is 0 Å². The Labute approximate surface area is 121 Å². The summed E-state index contributed by atoms with van der Waals surface area (Å²) in [6.07, 6.45) is 3.52. The molecule has 1 aromatic heterocycles. The third kappa shape index (κ3) is 3.29. The van der Waals surface area contributed by atoms with Gasteiger partial charge in [0.1, 0.15) is 0 Å². The van der Waals surface area contributed by atoms with Crippen LogP contribution in [0.15, 0.2) is 0 Å². The molecule has 0 spiro atoms. The van der Waals surface area contributed by atoms with Gasteiger partial charge in [-0.3, -0.25) is 0 Å². The first-order valence-corrected chi connectivity index (χ1v) is 8.22. The van der Waals surface area contributed by atoms with Crippen LogP contribution < -0.4 is 10.2 Å². The van der Waals surface area contributed by atoms with Gasteiger partial charge in [0.05, 0.1) is 5.69 Å². The van der Waals surface area contributed by atoms with Crippen molar-refractivity contribution in [2.24, 2.45) is 5.41 Å². The summed E-state index contributed by atoms with van der Waals surface area (Å²) in [7, 11) is 2.13. The molecule has 1 unspecified atom stereocenters. The van der Waals surface area contributed by atoms with Crippen molar-refractivity contribution in [3.05, 3.63) is 10.6 Å². The van der Waals surface area contributed by atoms with Gasteiger partial charge in [-0.05, 0) is 38.1 Å². The predicted octanol–water partition coefficient (Wildman–Crippen LogP) is 3.61. The second-order valence-electron chi connectivity index (χ2n) is 6.37. The van der Waals surface area contributed by atoms with Crippen molar-refractivity contribution in [2.45, 2.75) is 53.0 Å². The van der Waals surface area contributed by atoms with Gasteiger partial charge in [-0.2, -0.15) is 0 Å². The zero-order valence-corrected chi connectivity index (χ0v) is 13.7. The molecular weight excluding hydrogens is 254 g/mol. The van der Waals surface area contributed by atoms with E-state index in [1.54, 1.807) is 0 Å². The van der Waals surface area contributed by atoms with Gasteiger partial charge in [-0.15, -0.1) is 0 Å². The summed E-state index contributed by atoms with van der Waals surface area (Å²) in [5.74, 6) is 0. The molecule has 1 aromatic rings. The second-order valence-corrected chi connectivity index (χ2v) is 7.38. The van der Waals surface area contributed by atoms with Gasteiger partial charge in [0.15, 0.2) is 5.13 Å². The molecule has 1 N–H and O–H groups in total. The first kappa shape index (κ1) is 14.8. The highest BCUT2D eigenvalue weighted by Gasteiger charge is 2.35. The molecule has 0 saturated carbocycles. The van der Waals surface area contributed by atoms with E-state index in [2.05, 4.69) is 45.0 Å². The fourth-order valence-electron chi connectivity index (χ4n) is 2.70. The number of nitrogens with one attached hydrogen (secondary N) is 1. The monoisotopic (exact) mass is 281 g/mol. The van der Waals surface area contributed by atoms with Crippen LogP contribution in [-0.2, 0) is 6.42 Å². The van der Waals surface area contributed by atoms with E-state index in [1.807, 2.05) is 11.3 Å². The predicted molar refractivity (Wildman–Crippen MR) is 84.2 cm³/mol. The van der Waals surface area contributed by atoms with Gasteiger partial charge in [0.2, 0.25) is 0 Å². The highest BCUT2D eigenvalue weighted by atomic mass is 32.1. The van der Waals surface area contributed by atoms with Crippen LogP contribution in [0, 0.1) is 5.41 Å². The van der Waals surface area contributed by atoms with Gasteiger partial charge >= 0.3 is 0 Å².